The van der Waals surface area contributed by atoms with Crippen molar-refractivity contribution in [1.82, 2.24) is 9.97 Å². The Morgan fingerprint density at radius 1 is 1.00 bits per heavy atom. The predicted molar refractivity (Wildman–Crippen MR) is 139 cm³/mol. The molecule has 1 aromatic carbocycles. The van der Waals surface area contributed by atoms with Gasteiger partial charge in [-0.1, -0.05) is 0 Å². The van der Waals surface area contributed by atoms with E-state index in [2.05, 4.69) is 40.4 Å². The van der Waals surface area contributed by atoms with Crippen molar-refractivity contribution in [3.05, 3.63) is 84.1 Å². The molecule has 34 heavy (non-hydrogen) atoms. The maximum absolute atomic E-state index is 5.94. The molecule has 4 heterocycles. The van der Waals surface area contributed by atoms with Crippen molar-refractivity contribution < 1.29 is 3.40 Å². The standard InChI is InChI=1S/C27H28AsN6/c28-34-14-13-30-17-25(34)26(20-6-4-18(16-29)5-7-20)33-27(34)21-9-8-19-10-11-23(32-24(19)15-21)22-3-1-2-12-31-22/h1-3,8-15,17-18,20H,4-7,16,28-29H2/q+1. The van der Waals surface area contributed by atoms with E-state index in [1.54, 1.807) is 23.3 Å². The second-order valence-corrected chi connectivity index (χ2v) is 11.0. The minimum atomic E-state index is 0.468. The molecule has 6 nitrogen and oxygen atoms in total. The van der Waals surface area contributed by atoms with Crippen molar-refractivity contribution in [1.29, 1.82) is 0 Å². The average molecular weight is 511 g/mol. The summed E-state index contributed by atoms with van der Waals surface area (Å²) >= 11 is 1.61. The topological polar surface area (TPSA) is 76.5 Å². The molecular formula is C27H28AsN6+. The van der Waals surface area contributed by atoms with Gasteiger partial charge in [-0.05, 0) is 0 Å². The van der Waals surface area contributed by atoms with E-state index in [0.717, 1.165) is 53.1 Å². The molecule has 1 fully saturated rings. The molecule has 0 saturated heterocycles. The van der Waals surface area contributed by atoms with Gasteiger partial charge in [0.2, 0.25) is 0 Å². The number of nitrogens with zero attached hydrogens (tertiary/aromatic N) is 5. The van der Waals surface area contributed by atoms with E-state index in [1.165, 1.54) is 24.2 Å². The van der Waals surface area contributed by atoms with Crippen molar-refractivity contribution in [2.24, 2.45) is 27.6 Å². The fourth-order valence-corrected chi connectivity index (χ4v) is 6.30. The number of quaternary nitrogens is 1. The SMILES string of the molecule is NCC1CCC(C2=C3C=NC=C[N+]3([AsH2])C(c3ccc4ccc(-c5ccccn5)nc4c3)=N2)CC1. The van der Waals surface area contributed by atoms with Gasteiger partial charge >= 0.3 is 209 Å². The quantitative estimate of drug-likeness (QED) is 0.539. The van der Waals surface area contributed by atoms with E-state index in [-0.39, 0.29) is 0 Å². The summed E-state index contributed by atoms with van der Waals surface area (Å²) in [7, 11) is 0. The number of fused-ring (bicyclic) bond motifs is 2. The van der Waals surface area contributed by atoms with Crippen molar-refractivity contribution in [3.63, 3.8) is 0 Å². The van der Waals surface area contributed by atoms with E-state index in [4.69, 9.17) is 15.7 Å². The van der Waals surface area contributed by atoms with Crippen LogP contribution in [0.5, 0.6) is 0 Å². The van der Waals surface area contributed by atoms with Crippen LogP contribution in [0.3, 0.4) is 0 Å². The van der Waals surface area contributed by atoms with E-state index in [9.17, 15) is 0 Å². The Morgan fingerprint density at radius 2 is 1.85 bits per heavy atom. The molecule has 2 aliphatic heterocycles. The molecule has 1 aliphatic carbocycles. The third-order valence-corrected chi connectivity index (χ3v) is 8.72. The van der Waals surface area contributed by atoms with Crippen molar-refractivity contribution in [3.8, 4) is 11.4 Å². The van der Waals surface area contributed by atoms with Gasteiger partial charge in [0, 0.05) is 0 Å². The van der Waals surface area contributed by atoms with Crippen LogP contribution in [0.15, 0.2) is 88.5 Å². The Balaban J connectivity index is 1.40. The zero-order valence-corrected chi connectivity index (χ0v) is 21.4. The van der Waals surface area contributed by atoms with Gasteiger partial charge in [0.1, 0.15) is 0 Å². The summed E-state index contributed by atoms with van der Waals surface area (Å²) in [4.78, 5) is 19.2. The number of nitrogens with two attached hydrogens (primary N) is 1. The normalized spacial score (nSPS) is 26.1. The van der Waals surface area contributed by atoms with Crippen LogP contribution in [0.2, 0.25) is 0 Å². The van der Waals surface area contributed by atoms with Gasteiger partial charge in [-0.3, -0.25) is 0 Å². The number of allylic oxidation sites excluding steroid dienone is 2. The summed E-state index contributed by atoms with van der Waals surface area (Å²) in [5.41, 5.74) is 12.2. The van der Waals surface area contributed by atoms with Crippen LogP contribution in [-0.4, -0.2) is 49.0 Å². The molecule has 3 aromatic rings. The first-order valence-corrected chi connectivity index (χ1v) is 13.0. The van der Waals surface area contributed by atoms with Crippen LogP contribution in [-0.2, 0) is 0 Å². The molecule has 7 heteroatoms. The second-order valence-electron chi connectivity index (χ2n) is 9.33. The summed E-state index contributed by atoms with van der Waals surface area (Å²) in [5, 5.41) is 1.11. The Morgan fingerprint density at radius 3 is 2.65 bits per heavy atom. The van der Waals surface area contributed by atoms with Gasteiger partial charge in [-0.25, -0.2) is 0 Å². The van der Waals surface area contributed by atoms with Gasteiger partial charge in [-0.15, -0.1) is 0 Å². The number of benzene rings is 1. The van der Waals surface area contributed by atoms with E-state index >= 15 is 0 Å². The molecule has 0 bridgehead atoms. The average Bonchev–Trinajstić information content (AvgIpc) is 3.21. The van der Waals surface area contributed by atoms with Gasteiger partial charge in [-0.2, -0.15) is 0 Å². The van der Waals surface area contributed by atoms with Crippen molar-refractivity contribution in [2.75, 3.05) is 6.54 Å². The molecule has 170 valence electrons. The first kappa shape index (κ1) is 21.6. The summed E-state index contributed by atoms with van der Waals surface area (Å²) in [6.45, 7) is 0.790. The molecule has 2 N–H and O–H groups in total. The van der Waals surface area contributed by atoms with Crippen molar-refractivity contribution >= 4 is 40.0 Å². The van der Waals surface area contributed by atoms with Gasteiger partial charge in [0.05, 0.1) is 0 Å². The third kappa shape index (κ3) is 3.67. The van der Waals surface area contributed by atoms with E-state index in [0.29, 0.717) is 15.2 Å². The van der Waals surface area contributed by atoms with Gasteiger partial charge in [0.25, 0.3) is 0 Å². The number of amidine groups is 1. The van der Waals surface area contributed by atoms with E-state index < -0.39 is 0 Å². The van der Waals surface area contributed by atoms with Crippen LogP contribution in [0.4, 0.5) is 0 Å². The Hall–Kier alpha value is -2.92. The Kier molecular flexibility index (Phi) is 5.53. The monoisotopic (exact) mass is 511 g/mol. The first-order valence-electron chi connectivity index (χ1n) is 11.9. The summed E-state index contributed by atoms with van der Waals surface area (Å²) in [6, 6.07) is 16.6. The van der Waals surface area contributed by atoms with E-state index in [1.807, 2.05) is 36.7 Å². The molecule has 0 spiro atoms. The zero-order chi connectivity index (χ0) is 23.1. The number of aliphatic imine (C=N–C) groups is 2. The zero-order valence-electron chi connectivity index (χ0n) is 19.0. The number of rotatable bonds is 4. The molecule has 2 unspecified atom stereocenters. The summed E-state index contributed by atoms with van der Waals surface area (Å²) in [5.74, 6) is 2.17. The number of hydrogen-bond donors (Lipinski definition) is 1. The van der Waals surface area contributed by atoms with Crippen LogP contribution in [0, 0.1) is 11.8 Å². The van der Waals surface area contributed by atoms with Crippen LogP contribution < -0.4 is 5.73 Å². The molecule has 6 rings (SSSR count). The number of aromatic nitrogens is 2. The molecular weight excluding hydrogens is 483 g/mol. The minimum absolute atomic E-state index is 0.468. The molecule has 0 amide bonds. The molecule has 2 atom stereocenters. The fraction of sp³-hybridized carbons (Fsp3) is 0.259. The summed E-state index contributed by atoms with van der Waals surface area (Å²) < 4.78 is 0.605. The molecule has 3 aliphatic rings. The predicted octanol–water partition coefficient (Wildman–Crippen LogP) is 3.95. The summed E-state index contributed by atoms with van der Waals surface area (Å²) in [6.07, 6.45) is 12.5. The van der Waals surface area contributed by atoms with Crippen LogP contribution in [0.1, 0.15) is 31.2 Å². The Bertz CT molecular complexity index is 1370. The number of pyridine rings is 2. The van der Waals surface area contributed by atoms with Gasteiger partial charge < -0.3 is 0 Å². The van der Waals surface area contributed by atoms with Crippen LogP contribution in [0.25, 0.3) is 22.3 Å². The number of hydrogen-bond acceptors (Lipinski definition) is 5. The third-order valence-electron chi connectivity index (χ3n) is 7.27. The van der Waals surface area contributed by atoms with Crippen molar-refractivity contribution in [2.45, 2.75) is 25.7 Å². The maximum atomic E-state index is 5.94. The first-order chi connectivity index (χ1) is 16.7. The second kappa shape index (κ2) is 8.70. The molecule has 1 saturated carbocycles. The van der Waals surface area contributed by atoms with Gasteiger partial charge in [0.15, 0.2) is 0 Å². The molecule has 0 radical (unpaired) electrons. The Labute approximate surface area is 208 Å². The fourth-order valence-electron chi connectivity index (χ4n) is 5.29. The van der Waals surface area contributed by atoms with Crippen LogP contribution >= 0.6 is 0 Å². The molecule has 2 aromatic heterocycles.